The van der Waals surface area contributed by atoms with E-state index < -0.39 is 0 Å². The molecule has 6 heterocycles. The number of aliphatic hydroxyl groups is 1. The van der Waals surface area contributed by atoms with Gasteiger partial charge in [0, 0.05) is 66.7 Å². The highest BCUT2D eigenvalue weighted by atomic mass is 16.5. The van der Waals surface area contributed by atoms with Crippen molar-refractivity contribution < 1.29 is 9.84 Å². The van der Waals surface area contributed by atoms with Gasteiger partial charge in [-0.15, -0.1) is 0 Å². The van der Waals surface area contributed by atoms with E-state index in [9.17, 15) is 0 Å². The SMILES string of the molecule is CCn1ncc2cc(C(N)C3CC3)ccc21.COCC(N)c1cnc2ccccc2c1.Cc1ccn2cc([C@@H](C)N)nc2c1.NC(CO)c1cnc2ccccc2c1.NC(c1cnc2ccccc2n1)C1CC1. The molecule has 2 saturated carbocycles. The summed E-state index contributed by atoms with van der Waals surface area (Å²) >= 11 is 0. The highest BCUT2D eigenvalue weighted by molar-refractivity contribution is 5.80. The average Bonchev–Trinajstić information content (AvgIpc) is 4.38. The molecule has 0 saturated heterocycles. The van der Waals surface area contributed by atoms with Gasteiger partial charge in [-0.3, -0.25) is 19.6 Å². The molecular formula is C58H69N13O2. The Labute approximate surface area is 426 Å². The molecular weight excluding hydrogens is 911 g/mol. The zero-order valence-corrected chi connectivity index (χ0v) is 42.2. The molecule has 15 nitrogen and oxygen atoms in total. The third-order valence-corrected chi connectivity index (χ3v) is 13.1. The molecule has 0 amide bonds. The summed E-state index contributed by atoms with van der Waals surface area (Å²) in [6, 6.07) is 38.2. The van der Waals surface area contributed by atoms with E-state index >= 15 is 0 Å². The zero-order chi connectivity index (χ0) is 51.4. The number of hydrogen-bond acceptors (Lipinski definition) is 13. The predicted octanol–water partition coefficient (Wildman–Crippen LogP) is 9.28. The van der Waals surface area contributed by atoms with E-state index in [4.69, 9.17) is 38.5 Å². The Hall–Kier alpha value is -7.08. The van der Waals surface area contributed by atoms with E-state index in [1.54, 1.807) is 13.3 Å². The maximum atomic E-state index is 8.91. The zero-order valence-electron chi connectivity index (χ0n) is 42.2. The number of aryl methyl sites for hydroxylation is 2. The number of hydrogen-bond donors (Lipinski definition) is 6. The third-order valence-electron chi connectivity index (χ3n) is 13.1. The van der Waals surface area contributed by atoms with Crippen molar-refractivity contribution in [2.75, 3.05) is 20.3 Å². The van der Waals surface area contributed by atoms with E-state index in [1.807, 2.05) is 132 Å². The molecule has 2 fully saturated rings. The summed E-state index contributed by atoms with van der Waals surface area (Å²) in [6.07, 6.45) is 16.3. The lowest BCUT2D eigenvalue weighted by molar-refractivity contribution is 0.181. The maximum absolute atomic E-state index is 8.91. The molecule has 0 aliphatic heterocycles. The van der Waals surface area contributed by atoms with Crippen LogP contribution in [0.3, 0.4) is 0 Å². The quantitative estimate of drug-likeness (QED) is 0.0708. The van der Waals surface area contributed by atoms with Crippen molar-refractivity contribution >= 4 is 49.4 Å². The summed E-state index contributed by atoms with van der Waals surface area (Å²) in [4.78, 5) is 21.9. The molecule has 0 bridgehead atoms. The molecule has 73 heavy (non-hydrogen) atoms. The highest BCUT2D eigenvalue weighted by Crippen LogP contribution is 2.40. The van der Waals surface area contributed by atoms with Crippen molar-refractivity contribution in [3.8, 4) is 0 Å². The van der Waals surface area contributed by atoms with Gasteiger partial charge in [-0.25, -0.2) is 9.97 Å². The van der Waals surface area contributed by atoms with Gasteiger partial charge in [0.1, 0.15) is 5.65 Å². The lowest BCUT2D eigenvalue weighted by Gasteiger charge is -2.10. The fourth-order valence-corrected chi connectivity index (χ4v) is 8.41. The molecule has 2 aliphatic carbocycles. The highest BCUT2D eigenvalue weighted by Gasteiger charge is 2.31. The molecule has 378 valence electrons. The van der Waals surface area contributed by atoms with E-state index in [0.717, 1.165) is 67.5 Å². The second-order valence-corrected chi connectivity index (χ2v) is 19.0. The molecule has 0 radical (unpaired) electrons. The summed E-state index contributed by atoms with van der Waals surface area (Å²) in [7, 11) is 1.65. The number of fused-ring (bicyclic) bond motifs is 5. The Balaban J connectivity index is 0.000000122. The molecule has 6 aromatic heterocycles. The first-order chi connectivity index (χ1) is 35.4. The van der Waals surface area contributed by atoms with Crippen LogP contribution in [-0.4, -0.2) is 64.5 Å². The largest absolute Gasteiger partial charge is 0.394 e. The van der Waals surface area contributed by atoms with Crippen LogP contribution in [0.4, 0.5) is 0 Å². The molecule has 11 N–H and O–H groups in total. The summed E-state index contributed by atoms with van der Waals surface area (Å²) in [5, 5.41) is 16.6. The fraction of sp³-hybridized carbons (Fsp3) is 0.310. The molecule has 4 unspecified atom stereocenters. The number of nitrogens with two attached hydrogens (primary N) is 5. The first kappa shape index (κ1) is 52.2. The van der Waals surface area contributed by atoms with Crippen LogP contribution in [0, 0.1) is 18.8 Å². The van der Waals surface area contributed by atoms with Crippen molar-refractivity contribution in [1.82, 2.24) is 39.1 Å². The maximum Gasteiger partial charge on any atom is 0.137 e. The van der Waals surface area contributed by atoms with Crippen LogP contribution in [0.15, 0.2) is 152 Å². The molecule has 15 heteroatoms. The number of ether oxygens (including phenoxy) is 1. The predicted molar refractivity (Wildman–Crippen MR) is 293 cm³/mol. The number of nitrogens with zero attached hydrogens (tertiary/aromatic N) is 8. The lowest BCUT2D eigenvalue weighted by atomic mass is 10.0. The second-order valence-electron chi connectivity index (χ2n) is 19.0. The first-order valence-electron chi connectivity index (χ1n) is 25.1. The normalized spacial score (nSPS) is 15.2. The Morgan fingerprint density at radius 2 is 1.19 bits per heavy atom. The smallest absolute Gasteiger partial charge is 0.137 e. The van der Waals surface area contributed by atoms with Gasteiger partial charge in [-0.05, 0) is 141 Å². The van der Waals surface area contributed by atoms with Crippen LogP contribution >= 0.6 is 0 Å². The summed E-state index contributed by atoms with van der Waals surface area (Å²) in [5.41, 5.74) is 41.8. The standard InChI is InChI=1S/C13H17N3.C12H13N3.C12H14N2O.C11H12N2O.C10H13N3/c1-2-16-12-6-5-10(7-11(12)8-15-16)13(14)9-3-4-9;13-12(8-5-6-8)11-7-14-9-3-1-2-4-10(9)15-11;1-15-8-11(13)10-6-9-4-2-3-5-12(9)14-7-10;12-10(7-14)9-5-8-3-1-2-4-11(8)13-6-9;1-7-3-4-13-6-9(8(2)11)12-10(13)5-7/h5-9,13H,2-4,14H2,1H3;1-4,7-8,12H,5-6,13H2;2-7,11H,8,13H2,1H3;1-6,10,14H,7,12H2;3-6,8H,11H2,1-2H3/t;;;;8-/m....1/s1. The fourth-order valence-electron chi connectivity index (χ4n) is 8.41. The Kier molecular flexibility index (Phi) is 17.6. The van der Waals surface area contributed by atoms with Gasteiger partial charge in [-0.2, -0.15) is 5.10 Å². The molecule has 2 aliphatic rings. The number of methoxy groups -OCH3 is 1. The van der Waals surface area contributed by atoms with Crippen molar-refractivity contribution in [1.29, 1.82) is 0 Å². The van der Waals surface area contributed by atoms with Crippen LogP contribution < -0.4 is 28.7 Å². The topological polar surface area (TPSA) is 246 Å². The third kappa shape index (κ3) is 13.7. The molecule has 5 atom stereocenters. The Morgan fingerprint density at radius 3 is 1.79 bits per heavy atom. The Bertz CT molecular complexity index is 3370. The molecule has 4 aromatic carbocycles. The second kappa shape index (κ2) is 24.6. The van der Waals surface area contributed by atoms with Gasteiger partial charge < -0.3 is 42.9 Å². The van der Waals surface area contributed by atoms with Gasteiger partial charge in [0.25, 0.3) is 0 Å². The number of benzene rings is 4. The monoisotopic (exact) mass is 980 g/mol. The van der Waals surface area contributed by atoms with Crippen LogP contribution in [0.25, 0.3) is 49.4 Å². The van der Waals surface area contributed by atoms with Gasteiger partial charge in [0.2, 0.25) is 0 Å². The molecule has 0 spiro atoms. The van der Waals surface area contributed by atoms with E-state index in [2.05, 4.69) is 74.2 Å². The van der Waals surface area contributed by atoms with Gasteiger partial charge in [0.05, 0.1) is 82.7 Å². The first-order valence-corrected chi connectivity index (χ1v) is 25.1. The molecule has 12 rings (SSSR count). The number of aromatic nitrogens is 8. The van der Waals surface area contributed by atoms with Crippen molar-refractivity contribution in [2.24, 2.45) is 40.5 Å². The molecule has 10 aromatic rings. The van der Waals surface area contributed by atoms with Crippen LogP contribution in [0.2, 0.25) is 0 Å². The van der Waals surface area contributed by atoms with Crippen LogP contribution in [0.1, 0.15) is 103 Å². The van der Waals surface area contributed by atoms with Gasteiger partial charge in [-0.1, -0.05) is 54.6 Å². The minimum Gasteiger partial charge on any atom is -0.394 e. The lowest BCUT2D eigenvalue weighted by Crippen LogP contribution is -2.16. The number of aliphatic hydroxyl groups excluding tert-OH is 1. The van der Waals surface area contributed by atoms with Crippen LogP contribution in [-0.2, 0) is 11.3 Å². The summed E-state index contributed by atoms with van der Waals surface area (Å²) in [5.74, 6) is 1.33. The Morgan fingerprint density at radius 1 is 0.616 bits per heavy atom. The number of para-hydroxylation sites is 4. The average molecular weight is 980 g/mol. The minimum atomic E-state index is -0.341. The summed E-state index contributed by atoms with van der Waals surface area (Å²) < 4.78 is 9.02. The van der Waals surface area contributed by atoms with Crippen molar-refractivity contribution in [2.45, 2.75) is 83.2 Å². The van der Waals surface area contributed by atoms with Crippen molar-refractivity contribution in [3.63, 3.8) is 0 Å². The van der Waals surface area contributed by atoms with Crippen molar-refractivity contribution in [3.05, 3.63) is 186 Å². The van der Waals surface area contributed by atoms with E-state index in [0.29, 0.717) is 18.4 Å². The number of pyridine rings is 3. The van der Waals surface area contributed by atoms with E-state index in [1.165, 1.54) is 47.7 Å². The minimum absolute atomic E-state index is 0.000191. The van der Waals surface area contributed by atoms with Crippen LogP contribution in [0.5, 0.6) is 0 Å². The number of imidazole rings is 1. The van der Waals surface area contributed by atoms with Gasteiger partial charge in [0.15, 0.2) is 0 Å². The summed E-state index contributed by atoms with van der Waals surface area (Å²) in [6.45, 7) is 7.47. The number of rotatable bonds is 11. The van der Waals surface area contributed by atoms with Gasteiger partial charge >= 0.3 is 0 Å². The van der Waals surface area contributed by atoms with E-state index in [-0.39, 0.29) is 36.8 Å².